The minimum Gasteiger partial charge on any atom is -0.324 e. The molecule has 12 nitrogen and oxygen atoms in total. The van der Waals surface area contributed by atoms with Gasteiger partial charge in [0.05, 0.1) is 0 Å². The second kappa shape index (κ2) is 19.7. The number of anilines is 8. The normalized spacial score (nSPS) is 10.3. The summed E-state index contributed by atoms with van der Waals surface area (Å²) in [6, 6.07) is 32.0. The lowest BCUT2D eigenvalue weighted by atomic mass is 10.0. The molecule has 0 spiro atoms. The Bertz CT molecular complexity index is 2040. The Morgan fingerprint density at radius 2 is 0.722 bits per heavy atom. The molecule has 2 heterocycles. The van der Waals surface area contributed by atoms with E-state index >= 15 is 0 Å². The highest BCUT2D eigenvalue weighted by Crippen LogP contribution is 2.24. The second-order valence-electron chi connectivity index (χ2n) is 12.6. The van der Waals surface area contributed by atoms with Gasteiger partial charge in [-0.1, -0.05) is 60.7 Å². The first kappa shape index (κ1) is 40.0. The van der Waals surface area contributed by atoms with Crippen molar-refractivity contribution in [3.8, 4) is 0 Å². The number of para-hydroxylation sites is 2. The summed E-state index contributed by atoms with van der Waals surface area (Å²) in [5.41, 5.74) is 8.09. The lowest BCUT2D eigenvalue weighted by molar-refractivity contribution is -0.115. The smallest absolute Gasteiger partial charge is 0.232 e. The molecule has 0 aliphatic rings. The van der Waals surface area contributed by atoms with Crippen LogP contribution in [0.1, 0.15) is 61.6 Å². The zero-order valence-electron chi connectivity index (χ0n) is 31.9. The number of nitrogens with zero attached hydrogens (tertiary/aromatic N) is 6. The van der Waals surface area contributed by atoms with Gasteiger partial charge in [0.25, 0.3) is 0 Å². The van der Waals surface area contributed by atoms with E-state index in [1.54, 1.807) is 0 Å². The SMILES string of the molecule is CC(C)=O.CC(C)=O.Cc1nc(Nc2ccccc2)nc(Nc2ccc(/C=C/c3ccc(Nc4nc(C)nc(Nc5ccccc5)n4)cc3C)c(C)c2)n1. The van der Waals surface area contributed by atoms with Gasteiger partial charge in [0.1, 0.15) is 23.2 Å². The first-order valence-corrected chi connectivity index (χ1v) is 17.3. The molecule has 54 heavy (non-hydrogen) atoms. The van der Waals surface area contributed by atoms with E-state index in [0.29, 0.717) is 35.4 Å². The molecule has 0 fully saturated rings. The summed E-state index contributed by atoms with van der Waals surface area (Å²) < 4.78 is 0. The fourth-order valence-corrected chi connectivity index (χ4v) is 4.81. The quantitative estimate of drug-likeness (QED) is 0.0993. The molecule has 0 aliphatic heterocycles. The molecule has 6 rings (SSSR count). The van der Waals surface area contributed by atoms with Gasteiger partial charge in [-0.25, -0.2) is 0 Å². The molecule has 0 atom stereocenters. The molecule has 0 aliphatic carbocycles. The molecule has 4 aromatic carbocycles. The van der Waals surface area contributed by atoms with Crippen molar-refractivity contribution in [3.05, 3.63) is 131 Å². The number of rotatable bonds is 10. The lowest BCUT2D eigenvalue weighted by Crippen LogP contribution is -2.05. The van der Waals surface area contributed by atoms with Crippen LogP contribution in [0.25, 0.3) is 12.2 Å². The van der Waals surface area contributed by atoms with E-state index in [1.165, 1.54) is 27.7 Å². The predicted molar refractivity (Wildman–Crippen MR) is 219 cm³/mol. The van der Waals surface area contributed by atoms with Crippen molar-refractivity contribution in [1.29, 1.82) is 0 Å². The lowest BCUT2D eigenvalue weighted by Gasteiger charge is -2.11. The summed E-state index contributed by atoms with van der Waals surface area (Å²) in [5, 5.41) is 13.1. The summed E-state index contributed by atoms with van der Waals surface area (Å²) >= 11 is 0. The molecule has 0 radical (unpaired) electrons. The van der Waals surface area contributed by atoms with Crippen molar-refractivity contribution in [2.24, 2.45) is 0 Å². The number of aromatic nitrogens is 6. The maximum absolute atomic E-state index is 9.44. The predicted octanol–water partition coefficient (Wildman–Crippen LogP) is 9.63. The van der Waals surface area contributed by atoms with Crippen LogP contribution in [-0.4, -0.2) is 41.5 Å². The monoisotopic (exact) mass is 722 g/mol. The van der Waals surface area contributed by atoms with E-state index < -0.39 is 0 Å². The standard InChI is InChI=1S/C36H34N10.2C3H6O/c1-23-21-31(43-35-39-25(3)37-33(45-35)41-29-11-7-5-8-12-29)19-17-27(23)15-16-28-18-20-32(22-24(28)2)44-36-40-26(4)38-34(46-36)42-30-13-9-6-10-14-30;2*1-3(2)4/h5-22H,1-4H3,(H2,37,39,41,43,45)(H2,38,40,42,44,46);2*1-2H3/b16-15+;;. The van der Waals surface area contributed by atoms with E-state index in [4.69, 9.17) is 0 Å². The Kier molecular flexibility index (Phi) is 14.6. The minimum absolute atomic E-state index is 0.167. The van der Waals surface area contributed by atoms with Gasteiger partial charge in [-0.05, 0) is 126 Å². The Morgan fingerprint density at radius 3 is 1.02 bits per heavy atom. The highest BCUT2D eigenvalue weighted by molar-refractivity contribution is 5.75. The largest absolute Gasteiger partial charge is 0.324 e. The highest BCUT2D eigenvalue weighted by atomic mass is 16.1. The van der Waals surface area contributed by atoms with Gasteiger partial charge < -0.3 is 30.9 Å². The van der Waals surface area contributed by atoms with Crippen LogP contribution in [-0.2, 0) is 9.59 Å². The van der Waals surface area contributed by atoms with Crippen molar-refractivity contribution >= 4 is 70.3 Å². The number of carbonyl (C=O) groups excluding carboxylic acids is 2. The molecular weight excluding hydrogens is 677 g/mol. The average molecular weight is 723 g/mol. The molecule has 0 bridgehead atoms. The molecule has 2 aromatic heterocycles. The zero-order valence-corrected chi connectivity index (χ0v) is 31.9. The van der Waals surface area contributed by atoms with Crippen LogP contribution in [0.5, 0.6) is 0 Å². The van der Waals surface area contributed by atoms with Crippen LogP contribution in [0.3, 0.4) is 0 Å². The maximum Gasteiger partial charge on any atom is 0.232 e. The number of benzene rings is 4. The number of aryl methyl sites for hydroxylation is 4. The topological polar surface area (TPSA) is 160 Å². The Hall–Kier alpha value is -6.82. The van der Waals surface area contributed by atoms with Crippen LogP contribution >= 0.6 is 0 Å². The van der Waals surface area contributed by atoms with E-state index in [2.05, 4.69) is 101 Å². The third kappa shape index (κ3) is 13.7. The van der Waals surface area contributed by atoms with E-state index in [-0.39, 0.29) is 11.6 Å². The Balaban J connectivity index is 0.000000740. The fraction of sp³-hybridized carbons (Fsp3) is 0.190. The molecule has 0 unspecified atom stereocenters. The second-order valence-corrected chi connectivity index (χ2v) is 12.6. The van der Waals surface area contributed by atoms with Crippen molar-refractivity contribution in [2.45, 2.75) is 55.4 Å². The molecule has 0 saturated carbocycles. The Morgan fingerprint density at radius 1 is 0.426 bits per heavy atom. The van der Waals surface area contributed by atoms with Gasteiger partial charge in [0.2, 0.25) is 23.8 Å². The third-order valence-corrected chi connectivity index (χ3v) is 7.05. The summed E-state index contributed by atoms with van der Waals surface area (Å²) in [7, 11) is 0. The van der Waals surface area contributed by atoms with E-state index in [0.717, 1.165) is 45.0 Å². The van der Waals surface area contributed by atoms with Gasteiger partial charge in [0.15, 0.2) is 0 Å². The molecule has 12 heteroatoms. The van der Waals surface area contributed by atoms with Crippen LogP contribution < -0.4 is 21.3 Å². The summed E-state index contributed by atoms with van der Waals surface area (Å²) in [6.07, 6.45) is 4.25. The number of ketones is 2. The number of Topliss-reactive ketones (excluding diaryl/α,β-unsaturated/α-hetero) is 2. The first-order chi connectivity index (χ1) is 25.8. The van der Waals surface area contributed by atoms with Gasteiger partial charge in [0, 0.05) is 22.7 Å². The molecule has 0 amide bonds. The molecule has 4 N–H and O–H groups in total. The van der Waals surface area contributed by atoms with Gasteiger partial charge in [-0.15, -0.1) is 0 Å². The zero-order chi connectivity index (χ0) is 39.0. The average Bonchev–Trinajstić information content (AvgIpc) is 3.08. The minimum atomic E-state index is 0.167. The van der Waals surface area contributed by atoms with E-state index in [1.807, 2.05) is 86.6 Å². The Labute approximate surface area is 316 Å². The number of hydrogen-bond donors (Lipinski definition) is 4. The molecular formula is C42H46N10O2. The summed E-state index contributed by atoms with van der Waals surface area (Å²) in [5.74, 6) is 3.52. The van der Waals surface area contributed by atoms with Gasteiger partial charge in [-0.2, -0.15) is 29.9 Å². The number of nitrogens with one attached hydrogen (secondary N) is 4. The first-order valence-electron chi connectivity index (χ1n) is 17.3. The van der Waals surface area contributed by atoms with Gasteiger partial charge >= 0.3 is 0 Å². The van der Waals surface area contributed by atoms with Crippen molar-refractivity contribution < 1.29 is 9.59 Å². The van der Waals surface area contributed by atoms with Crippen LogP contribution in [0, 0.1) is 27.7 Å². The van der Waals surface area contributed by atoms with Gasteiger partial charge in [-0.3, -0.25) is 0 Å². The number of hydrogen-bond acceptors (Lipinski definition) is 12. The molecule has 276 valence electrons. The summed E-state index contributed by atoms with van der Waals surface area (Å²) in [4.78, 5) is 45.7. The van der Waals surface area contributed by atoms with Crippen LogP contribution in [0.4, 0.5) is 46.5 Å². The maximum atomic E-state index is 9.44. The summed E-state index contributed by atoms with van der Waals surface area (Å²) in [6.45, 7) is 14.0. The van der Waals surface area contributed by atoms with Crippen LogP contribution in [0.2, 0.25) is 0 Å². The third-order valence-electron chi connectivity index (χ3n) is 7.05. The van der Waals surface area contributed by atoms with Crippen LogP contribution in [0.15, 0.2) is 97.1 Å². The number of carbonyl (C=O) groups is 2. The van der Waals surface area contributed by atoms with Crippen molar-refractivity contribution in [2.75, 3.05) is 21.3 Å². The molecule has 0 saturated heterocycles. The fourth-order valence-electron chi connectivity index (χ4n) is 4.81. The highest BCUT2D eigenvalue weighted by Gasteiger charge is 2.08. The molecule has 6 aromatic rings. The van der Waals surface area contributed by atoms with Crippen molar-refractivity contribution in [3.63, 3.8) is 0 Å². The van der Waals surface area contributed by atoms with E-state index in [9.17, 15) is 9.59 Å². The van der Waals surface area contributed by atoms with Crippen molar-refractivity contribution in [1.82, 2.24) is 29.9 Å².